The van der Waals surface area contributed by atoms with Crippen molar-refractivity contribution in [3.8, 4) is 5.75 Å². The zero-order chi connectivity index (χ0) is 21.8. The number of nitrogens with two attached hydrogens (primary N) is 1. The largest absolute Gasteiger partial charge is 0.497 e. The third-order valence-corrected chi connectivity index (χ3v) is 4.43. The van der Waals surface area contributed by atoms with Gasteiger partial charge in [-0.25, -0.2) is 13.6 Å². The van der Waals surface area contributed by atoms with Crippen LogP contribution in [0.3, 0.4) is 0 Å². The molecule has 9 heteroatoms. The molecule has 0 aliphatic rings. The molecule has 2 amide bonds. The van der Waals surface area contributed by atoms with Gasteiger partial charge in [-0.05, 0) is 35.4 Å². The molecule has 0 aliphatic carbocycles. The van der Waals surface area contributed by atoms with Gasteiger partial charge < -0.3 is 20.2 Å². The molecule has 0 saturated heterocycles. The molecule has 1 aromatic heterocycles. The maximum Gasteiger partial charge on any atom is 0.336 e. The number of ether oxygens (including phenoxy) is 1. The van der Waals surface area contributed by atoms with Gasteiger partial charge in [-0.1, -0.05) is 0 Å². The fraction of sp³-hybridized carbons (Fsp3) is 0.190. The van der Waals surface area contributed by atoms with E-state index in [2.05, 4.69) is 5.32 Å². The zero-order valence-electron chi connectivity index (χ0n) is 15.9. The second-order valence-corrected chi connectivity index (χ2v) is 6.63. The van der Waals surface area contributed by atoms with Crippen LogP contribution < -0.4 is 21.4 Å². The lowest BCUT2D eigenvalue weighted by molar-refractivity contribution is -0.127. The van der Waals surface area contributed by atoms with E-state index in [9.17, 15) is 23.2 Å². The summed E-state index contributed by atoms with van der Waals surface area (Å²) < 4.78 is 36.9. The van der Waals surface area contributed by atoms with Crippen LogP contribution in [0.4, 0.5) is 8.78 Å². The Kier molecular flexibility index (Phi) is 6.10. The van der Waals surface area contributed by atoms with Crippen molar-refractivity contribution in [3.05, 3.63) is 75.6 Å². The Morgan fingerprint density at radius 1 is 1.13 bits per heavy atom. The molecule has 3 rings (SSSR count). The summed E-state index contributed by atoms with van der Waals surface area (Å²) in [4.78, 5) is 36.1. The first-order valence-corrected chi connectivity index (χ1v) is 8.89. The number of amides is 2. The number of fused-ring (bicyclic) bond motifs is 1. The van der Waals surface area contributed by atoms with Crippen molar-refractivity contribution in [2.45, 2.75) is 18.9 Å². The highest BCUT2D eigenvalue weighted by atomic mass is 19.1. The van der Waals surface area contributed by atoms with Gasteiger partial charge >= 0.3 is 5.63 Å². The number of carbonyl (C=O) groups excluding carboxylic acids is 2. The zero-order valence-corrected chi connectivity index (χ0v) is 15.9. The Morgan fingerprint density at radius 3 is 2.47 bits per heavy atom. The Hall–Kier alpha value is -3.75. The van der Waals surface area contributed by atoms with Crippen molar-refractivity contribution in [2.75, 3.05) is 7.11 Å². The summed E-state index contributed by atoms with van der Waals surface area (Å²) in [6.45, 7) is 0. The SMILES string of the molecule is COc1ccc2c(C[C@H](NC(=O)Cc3cc(F)cc(F)c3)C(N)=O)cc(=O)oc2c1. The van der Waals surface area contributed by atoms with E-state index in [-0.39, 0.29) is 24.0 Å². The third kappa shape index (κ3) is 4.99. The molecular formula is C21H18F2N2O5. The van der Waals surface area contributed by atoms with Crippen molar-refractivity contribution in [1.29, 1.82) is 0 Å². The molecule has 1 heterocycles. The number of carbonyl (C=O) groups is 2. The first-order chi connectivity index (χ1) is 14.2. The summed E-state index contributed by atoms with van der Waals surface area (Å²) in [5, 5.41) is 2.99. The molecule has 0 bridgehead atoms. The highest BCUT2D eigenvalue weighted by molar-refractivity contribution is 5.89. The lowest BCUT2D eigenvalue weighted by atomic mass is 10.0. The molecule has 0 fully saturated rings. The minimum Gasteiger partial charge on any atom is -0.497 e. The molecule has 30 heavy (non-hydrogen) atoms. The molecule has 0 aliphatic heterocycles. The average Bonchev–Trinajstić information content (AvgIpc) is 2.65. The van der Waals surface area contributed by atoms with E-state index in [1.807, 2.05) is 0 Å². The number of hydrogen-bond acceptors (Lipinski definition) is 5. The van der Waals surface area contributed by atoms with Gasteiger partial charge in [0.15, 0.2) is 0 Å². The predicted octanol–water partition coefficient (Wildman–Crippen LogP) is 1.84. The monoisotopic (exact) mass is 416 g/mol. The van der Waals surface area contributed by atoms with Crippen LogP contribution in [-0.2, 0) is 22.4 Å². The topological polar surface area (TPSA) is 112 Å². The molecule has 3 N–H and O–H groups in total. The highest BCUT2D eigenvalue weighted by Crippen LogP contribution is 2.23. The second kappa shape index (κ2) is 8.73. The molecule has 0 radical (unpaired) electrons. The summed E-state index contributed by atoms with van der Waals surface area (Å²) in [6.07, 6.45) is -0.430. The van der Waals surface area contributed by atoms with Gasteiger partial charge in [-0.3, -0.25) is 9.59 Å². The van der Waals surface area contributed by atoms with Crippen molar-refractivity contribution < 1.29 is 27.5 Å². The summed E-state index contributed by atoms with van der Waals surface area (Å²) >= 11 is 0. The lowest BCUT2D eigenvalue weighted by Gasteiger charge is -2.16. The van der Waals surface area contributed by atoms with Crippen LogP contribution in [0.15, 0.2) is 51.7 Å². The van der Waals surface area contributed by atoms with Crippen LogP contribution in [0.25, 0.3) is 11.0 Å². The number of benzene rings is 2. The fourth-order valence-electron chi connectivity index (χ4n) is 3.09. The standard InChI is InChI=1S/C21H18F2N2O5/c1-29-15-2-3-16-12(8-20(27)30-18(16)10-15)7-17(21(24)28)25-19(26)6-11-4-13(22)9-14(23)5-11/h2-5,8-10,17H,6-7H2,1H3,(H2,24,28)(H,25,26)/t17-/m0/s1. The molecule has 0 saturated carbocycles. The summed E-state index contributed by atoms with van der Waals surface area (Å²) in [5.74, 6) is -2.64. The van der Waals surface area contributed by atoms with Gasteiger partial charge in [0, 0.05) is 30.0 Å². The van der Waals surface area contributed by atoms with E-state index in [4.69, 9.17) is 14.9 Å². The number of primary amides is 1. The molecule has 2 aromatic carbocycles. The van der Waals surface area contributed by atoms with Crippen LogP contribution in [0.1, 0.15) is 11.1 Å². The first-order valence-electron chi connectivity index (χ1n) is 8.89. The van der Waals surface area contributed by atoms with E-state index in [1.165, 1.54) is 19.2 Å². The molecule has 156 valence electrons. The van der Waals surface area contributed by atoms with Crippen LogP contribution in [-0.4, -0.2) is 25.0 Å². The highest BCUT2D eigenvalue weighted by Gasteiger charge is 2.21. The van der Waals surface area contributed by atoms with Gasteiger partial charge in [0.05, 0.1) is 13.5 Å². The number of methoxy groups -OCH3 is 1. The first kappa shape index (κ1) is 21.0. The van der Waals surface area contributed by atoms with Crippen molar-refractivity contribution in [1.82, 2.24) is 5.32 Å². The quantitative estimate of drug-likeness (QED) is 0.571. The number of halogens is 2. The van der Waals surface area contributed by atoms with Gasteiger partial charge in [0.1, 0.15) is 29.0 Å². The second-order valence-electron chi connectivity index (χ2n) is 6.63. The van der Waals surface area contributed by atoms with E-state index in [0.29, 0.717) is 22.8 Å². The normalized spacial score (nSPS) is 11.8. The Morgan fingerprint density at radius 2 is 1.83 bits per heavy atom. The van der Waals surface area contributed by atoms with E-state index in [1.54, 1.807) is 12.1 Å². The van der Waals surface area contributed by atoms with Gasteiger partial charge in [0.2, 0.25) is 11.8 Å². The molecule has 0 unspecified atom stereocenters. The van der Waals surface area contributed by atoms with Gasteiger partial charge in [-0.15, -0.1) is 0 Å². The minimum atomic E-state index is -1.15. The predicted molar refractivity (Wildman–Crippen MR) is 104 cm³/mol. The Labute approximate surface area is 169 Å². The lowest BCUT2D eigenvalue weighted by Crippen LogP contribution is -2.46. The van der Waals surface area contributed by atoms with Crippen LogP contribution in [0, 0.1) is 11.6 Å². The molecule has 7 nitrogen and oxygen atoms in total. The molecule has 0 spiro atoms. The third-order valence-electron chi connectivity index (χ3n) is 4.43. The molecule has 1 atom stereocenters. The summed E-state index contributed by atoms with van der Waals surface area (Å²) in [5.41, 5.74) is 5.55. The van der Waals surface area contributed by atoms with E-state index < -0.39 is 35.1 Å². The van der Waals surface area contributed by atoms with Gasteiger partial charge in [-0.2, -0.15) is 0 Å². The van der Waals surface area contributed by atoms with Crippen LogP contribution in [0.5, 0.6) is 5.75 Å². The minimum absolute atomic E-state index is 0.0764. The van der Waals surface area contributed by atoms with Crippen LogP contribution >= 0.6 is 0 Å². The van der Waals surface area contributed by atoms with Crippen LogP contribution in [0.2, 0.25) is 0 Å². The Balaban J connectivity index is 1.83. The van der Waals surface area contributed by atoms with Crippen molar-refractivity contribution in [2.24, 2.45) is 5.73 Å². The molecular weight excluding hydrogens is 398 g/mol. The fourth-order valence-corrected chi connectivity index (χ4v) is 3.09. The number of nitrogens with one attached hydrogen (secondary N) is 1. The smallest absolute Gasteiger partial charge is 0.336 e. The van der Waals surface area contributed by atoms with E-state index in [0.717, 1.165) is 12.1 Å². The summed E-state index contributed by atoms with van der Waals surface area (Å²) in [7, 11) is 1.46. The number of rotatable bonds is 7. The molecule has 3 aromatic rings. The van der Waals surface area contributed by atoms with Crippen molar-refractivity contribution >= 4 is 22.8 Å². The van der Waals surface area contributed by atoms with E-state index >= 15 is 0 Å². The Bertz CT molecular complexity index is 1160. The van der Waals surface area contributed by atoms with Gasteiger partial charge in [0.25, 0.3) is 0 Å². The maximum atomic E-state index is 13.3. The van der Waals surface area contributed by atoms with Crippen molar-refractivity contribution in [3.63, 3.8) is 0 Å². The average molecular weight is 416 g/mol. The maximum absolute atomic E-state index is 13.3. The summed E-state index contributed by atoms with van der Waals surface area (Å²) in [6, 6.07) is 7.62. The number of hydrogen-bond donors (Lipinski definition) is 2.